The third-order valence-electron chi connectivity index (χ3n) is 4.01. The minimum atomic E-state index is 0.274. The maximum absolute atomic E-state index is 5.77. The van der Waals surface area contributed by atoms with E-state index in [1.54, 1.807) is 14.2 Å². The summed E-state index contributed by atoms with van der Waals surface area (Å²) < 4.78 is 16.3. The standard InChI is InChI=1S/C20H35N3O3/c1-6-25-19(16(2)3)11-12-22-20(21-4)23-15-17-7-9-18(10-8-17)26-14-13-24-5/h7-10,16,19H,6,11-15H2,1-5H3,(H2,21,22,23). The monoisotopic (exact) mass is 365 g/mol. The Kier molecular flexibility index (Phi) is 11.5. The lowest BCUT2D eigenvalue weighted by molar-refractivity contribution is 0.0258. The van der Waals surface area contributed by atoms with Crippen LogP contribution in [-0.2, 0) is 16.0 Å². The molecule has 1 atom stereocenters. The van der Waals surface area contributed by atoms with Crippen LogP contribution < -0.4 is 15.4 Å². The molecule has 0 bridgehead atoms. The van der Waals surface area contributed by atoms with Crippen LogP contribution in [0.3, 0.4) is 0 Å². The zero-order valence-corrected chi connectivity index (χ0v) is 16.9. The highest BCUT2D eigenvalue weighted by Crippen LogP contribution is 2.12. The van der Waals surface area contributed by atoms with Crippen molar-refractivity contribution in [3.8, 4) is 5.75 Å². The van der Waals surface area contributed by atoms with Crippen molar-refractivity contribution in [1.82, 2.24) is 10.6 Å². The van der Waals surface area contributed by atoms with Gasteiger partial charge < -0.3 is 24.8 Å². The van der Waals surface area contributed by atoms with Crippen LogP contribution in [-0.4, -0.2) is 52.6 Å². The van der Waals surface area contributed by atoms with E-state index < -0.39 is 0 Å². The molecule has 0 spiro atoms. The Bertz CT molecular complexity index is 504. The molecule has 0 aliphatic carbocycles. The summed E-state index contributed by atoms with van der Waals surface area (Å²) in [6.45, 7) is 9.85. The van der Waals surface area contributed by atoms with E-state index >= 15 is 0 Å². The summed E-state index contributed by atoms with van der Waals surface area (Å²) in [7, 11) is 3.45. The van der Waals surface area contributed by atoms with Gasteiger partial charge in [0.05, 0.1) is 12.7 Å². The van der Waals surface area contributed by atoms with Crippen LogP contribution >= 0.6 is 0 Å². The molecule has 1 aromatic carbocycles. The highest BCUT2D eigenvalue weighted by atomic mass is 16.5. The molecule has 0 saturated carbocycles. The smallest absolute Gasteiger partial charge is 0.191 e. The molecule has 0 aromatic heterocycles. The van der Waals surface area contributed by atoms with Crippen LogP contribution in [0, 0.1) is 5.92 Å². The fourth-order valence-electron chi connectivity index (χ4n) is 2.51. The van der Waals surface area contributed by atoms with Crippen molar-refractivity contribution in [2.24, 2.45) is 10.9 Å². The van der Waals surface area contributed by atoms with Crippen molar-refractivity contribution >= 4 is 5.96 Å². The van der Waals surface area contributed by atoms with Crippen molar-refractivity contribution in [1.29, 1.82) is 0 Å². The largest absolute Gasteiger partial charge is 0.491 e. The summed E-state index contributed by atoms with van der Waals surface area (Å²) in [6.07, 6.45) is 1.23. The average molecular weight is 366 g/mol. The first kappa shape index (κ1) is 22.3. The second kappa shape index (κ2) is 13.4. The van der Waals surface area contributed by atoms with Gasteiger partial charge >= 0.3 is 0 Å². The zero-order valence-electron chi connectivity index (χ0n) is 16.9. The molecule has 0 aliphatic heterocycles. The average Bonchev–Trinajstić information content (AvgIpc) is 2.64. The van der Waals surface area contributed by atoms with Crippen LogP contribution in [0.15, 0.2) is 29.3 Å². The van der Waals surface area contributed by atoms with Crippen LogP contribution in [0.1, 0.15) is 32.8 Å². The van der Waals surface area contributed by atoms with Crippen molar-refractivity contribution in [3.05, 3.63) is 29.8 Å². The number of ether oxygens (including phenoxy) is 3. The molecule has 0 fully saturated rings. The molecule has 6 nitrogen and oxygen atoms in total. The van der Waals surface area contributed by atoms with E-state index in [9.17, 15) is 0 Å². The molecule has 1 unspecified atom stereocenters. The first-order chi connectivity index (χ1) is 12.6. The number of methoxy groups -OCH3 is 1. The first-order valence-corrected chi connectivity index (χ1v) is 9.37. The van der Waals surface area contributed by atoms with Gasteiger partial charge in [0.2, 0.25) is 0 Å². The van der Waals surface area contributed by atoms with Gasteiger partial charge in [-0.3, -0.25) is 4.99 Å². The predicted molar refractivity (Wildman–Crippen MR) is 107 cm³/mol. The van der Waals surface area contributed by atoms with E-state index in [-0.39, 0.29) is 6.10 Å². The zero-order chi connectivity index (χ0) is 19.2. The van der Waals surface area contributed by atoms with Crippen LogP contribution in [0.2, 0.25) is 0 Å². The Balaban J connectivity index is 2.35. The van der Waals surface area contributed by atoms with Crippen molar-refractivity contribution in [2.45, 2.75) is 39.8 Å². The van der Waals surface area contributed by atoms with E-state index in [0.29, 0.717) is 25.7 Å². The van der Waals surface area contributed by atoms with E-state index in [4.69, 9.17) is 14.2 Å². The molecule has 0 heterocycles. The number of hydrogen-bond acceptors (Lipinski definition) is 4. The van der Waals surface area contributed by atoms with Gasteiger partial charge in [-0.1, -0.05) is 26.0 Å². The molecule has 1 aromatic rings. The van der Waals surface area contributed by atoms with Crippen molar-refractivity contribution in [2.75, 3.05) is 40.5 Å². The minimum Gasteiger partial charge on any atom is -0.491 e. The first-order valence-electron chi connectivity index (χ1n) is 9.37. The molecule has 0 radical (unpaired) electrons. The summed E-state index contributed by atoms with van der Waals surface area (Å²) in [5.41, 5.74) is 1.17. The number of aliphatic imine (C=N–C) groups is 1. The fourth-order valence-corrected chi connectivity index (χ4v) is 2.51. The quantitative estimate of drug-likeness (QED) is 0.339. The van der Waals surface area contributed by atoms with Gasteiger partial charge in [0, 0.05) is 33.9 Å². The molecule has 6 heteroatoms. The van der Waals surface area contributed by atoms with Crippen LogP contribution in [0.4, 0.5) is 0 Å². The Labute approximate surface area is 158 Å². The van der Waals surface area contributed by atoms with Crippen LogP contribution in [0.5, 0.6) is 5.75 Å². The van der Waals surface area contributed by atoms with E-state index in [2.05, 4.69) is 29.5 Å². The number of rotatable bonds is 12. The predicted octanol–water partition coefficient (Wildman–Crippen LogP) is 2.83. The highest BCUT2D eigenvalue weighted by Gasteiger charge is 2.12. The van der Waals surface area contributed by atoms with E-state index in [1.807, 2.05) is 31.2 Å². The lowest BCUT2D eigenvalue weighted by atomic mass is 10.0. The van der Waals surface area contributed by atoms with Gasteiger partial charge in [-0.25, -0.2) is 0 Å². The second-order valence-corrected chi connectivity index (χ2v) is 6.36. The van der Waals surface area contributed by atoms with E-state index in [1.165, 1.54) is 5.56 Å². The molecular formula is C20H35N3O3. The lowest BCUT2D eigenvalue weighted by Crippen LogP contribution is -2.38. The third-order valence-corrected chi connectivity index (χ3v) is 4.01. The van der Waals surface area contributed by atoms with Crippen LogP contribution in [0.25, 0.3) is 0 Å². The van der Waals surface area contributed by atoms with Gasteiger partial charge in [0.15, 0.2) is 5.96 Å². The highest BCUT2D eigenvalue weighted by molar-refractivity contribution is 5.79. The maximum atomic E-state index is 5.77. The fraction of sp³-hybridized carbons (Fsp3) is 0.650. The topological polar surface area (TPSA) is 64.1 Å². The van der Waals surface area contributed by atoms with Gasteiger partial charge in [-0.2, -0.15) is 0 Å². The van der Waals surface area contributed by atoms with Crippen molar-refractivity contribution in [3.63, 3.8) is 0 Å². The van der Waals surface area contributed by atoms with Gasteiger partial charge in [0.25, 0.3) is 0 Å². The Morgan fingerprint density at radius 2 is 1.85 bits per heavy atom. The Morgan fingerprint density at radius 1 is 1.12 bits per heavy atom. The molecule has 1 rings (SSSR count). The number of hydrogen-bond donors (Lipinski definition) is 2. The minimum absolute atomic E-state index is 0.274. The summed E-state index contributed by atoms with van der Waals surface area (Å²) in [5.74, 6) is 2.16. The van der Waals surface area contributed by atoms with Crippen molar-refractivity contribution < 1.29 is 14.2 Å². The molecule has 2 N–H and O–H groups in total. The lowest BCUT2D eigenvalue weighted by Gasteiger charge is -2.21. The van der Waals surface area contributed by atoms with Gasteiger partial charge in [-0.15, -0.1) is 0 Å². The molecule has 0 saturated heterocycles. The molecular weight excluding hydrogens is 330 g/mol. The SMILES string of the molecule is CCOC(CCNC(=NC)NCc1ccc(OCCOC)cc1)C(C)C. The number of nitrogens with one attached hydrogen (secondary N) is 2. The molecule has 0 aliphatic rings. The third kappa shape index (κ3) is 9.06. The summed E-state index contributed by atoms with van der Waals surface area (Å²) in [6, 6.07) is 8.04. The normalized spacial score (nSPS) is 12.9. The summed E-state index contributed by atoms with van der Waals surface area (Å²) in [5, 5.41) is 6.68. The molecule has 148 valence electrons. The van der Waals surface area contributed by atoms with E-state index in [0.717, 1.165) is 31.3 Å². The van der Waals surface area contributed by atoms with Gasteiger partial charge in [-0.05, 0) is 37.0 Å². The summed E-state index contributed by atoms with van der Waals surface area (Å²) >= 11 is 0. The second-order valence-electron chi connectivity index (χ2n) is 6.36. The molecule has 26 heavy (non-hydrogen) atoms. The molecule has 0 amide bonds. The Hall–Kier alpha value is -1.79. The number of nitrogens with zero attached hydrogens (tertiary/aromatic N) is 1. The Morgan fingerprint density at radius 3 is 2.42 bits per heavy atom. The maximum Gasteiger partial charge on any atom is 0.191 e. The number of guanidine groups is 1. The van der Waals surface area contributed by atoms with Gasteiger partial charge in [0.1, 0.15) is 12.4 Å². The number of benzene rings is 1. The summed E-state index contributed by atoms with van der Waals surface area (Å²) in [4.78, 5) is 4.27.